The van der Waals surface area contributed by atoms with Gasteiger partial charge in [0, 0.05) is 13.1 Å². The number of nitrogens with one attached hydrogen (secondary N) is 1. The van der Waals surface area contributed by atoms with Crippen molar-refractivity contribution in [1.29, 1.82) is 0 Å². The van der Waals surface area contributed by atoms with Gasteiger partial charge < -0.3 is 4.90 Å². The number of hydrogen-bond donors (Lipinski definition) is 1. The Morgan fingerprint density at radius 2 is 1.72 bits per heavy atom. The molecule has 102 valence electrons. The second-order valence-electron chi connectivity index (χ2n) is 3.88. The van der Waals surface area contributed by atoms with Crippen molar-refractivity contribution in [3.05, 3.63) is 30.1 Å². The molecule has 6 heteroatoms. The van der Waals surface area contributed by atoms with E-state index in [1.54, 1.807) is 0 Å². The summed E-state index contributed by atoms with van der Waals surface area (Å²) in [5.41, 5.74) is 0. The van der Waals surface area contributed by atoms with Crippen LogP contribution in [0.5, 0.6) is 0 Å². The predicted octanol–water partition coefficient (Wildman–Crippen LogP) is 1.45. The van der Waals surface area contributed by atoms with Gasteiger partial charge in [0.25, 0.3) is 0 Å². The Bertz CT molecular complexity index is 455. The molecule has 4 nitrogen and oxygen atoms in total. The number of sulfonamides is 1. The number of halogens is 1. The van der Waals surface area contributed by atoms with Gasteiger partial charge in [-0.05, 0) is 37.4 Å². The van der Waals surface area contributed by atoms with E-state index < -0.39 is 15.8 Å². The Morgan fingerprint density at radius 1 is 1.17 bits per heavy atom. The fraction of sp³-hybridized carbons (Fsp3) is 0.500. The maximum atomic E-state index is 12.7. The number of rotatable bonds is 7. The van der Waals surface area contributed by atoms with Crippen molar-refractivity contribution in [2.24, 2.45) is 0 Å². The molecule has 1 aromatic rings. The largest absolute Gasteiger partial charge is 0.303 e. The molecule has 0 unspecified atom stereocenters. The summed E-state index contributed by atoms with van der Waals surface area (Å²) in [5, 5.41) is 0. The van der Waals surface area contributed by atoms with Crippen LogP contribution in [0.25, 0.3) is 0 Å². The molecule has 0 radical (unpaired) electrons. The lowest BCUT2D eigenvalue weighted by Crippen LogP contribution is -2.34. The Morgan fingerprint density at radius 3 is 2.22 bits per heavy atom. The van der Waals surface area contributed by atoms with Crippen molar-refractivity contribution < 1.29 is 12.8 Å². The number of nitrogens with zero attached hydrogens (tertiary/aromatic N) is 1. The molecule has 0 aromatic heterocycles. The predicted molar refractivity (Wildman–Crippen MR) is 69.4 cm³/mol. The van der Waals surface area contributed by atoms with Crippen molar-refractivity contribution in [3.8, 4) is 0 Å². The molecule has 1 rings (SSSR count). The minimum atomic E-state index is -3.53. The molecular weight excluding hydrogens is 255 g/mol. The lowest BCUT2D eigenvalue weighted by molar-refractivity contribution is 0.309. The summed E-state index contributed by atoms with van der Waals surface area (Å²) < 4.78 is 38.9. The standard InChI is InChI=1S/C12H19FN2O2S/c1-3-15(4-2)10-9-14-18(16,17)12-7-5-11(13)6-8-12/h5-8,14H,3-4,9-10H2,1-2H3. The minimum Gasteiger partial charge on any atom is -0.303 e. The van der Waals surface area contributed by atoms with Crippen molar-refractivity contribution in [3.63, 3.8) is 0 Å². The van der Waals surface area contributed by atoms with Crippen LogP contribution in [-0.2, 0) is 10.0 Å². The Balaban J connectivity index is 2.57. The molecule has 1 N–H and O–H groups in total. The average Bonchev–Trinajstić information content (AvgIpc) is 2.35. The highest BCUT2D eigenvalue weighted by Crippen LogP contribution is 2.09. The number of benzene rings is 1. The maximum Gasteiger partial charge on any atom is 0.240 e. The fourth-order valence-electron chi connectivity index (χ4n) is 1.58. The summed E-state index contributed by atoms with van der Waals surface area (Å²) in [4.78, 5) is 2.20. The molecule has 0 bridgehead atoms. The van der Waals surface area contributed by atoms with Gasteiger partial charge in [-0.25, -0.2) is 17.5 Å². The fourth-order valence-corrected chi connectivity index (χ4v) is 2.60. The summed E-state index contributed by atoms with van der Waals surface area (Å²) in [6.07, 6.45) is 0. The number of hydrogen-bond acceptors (Lipinski definition) is 3. The van der Waals surface area contributed by atoms with Crippen LogP contribution in [0.4, 0.5) is 4.39 Å². The molecule has 0 saturated carbocycles. The third-order valence-corrected chi connectivity index (χ3v) is 4.22. The van der Waals surface area contributed by atoms with Crippen molar-refractivity contribution in [2.75, 3.05) is 26.2 Å². The Labute approximate surface area is 108 Å². The van der Waals surface area contributed by atoms with Gasteiger partial charge in [0.1, 0.15) is 5.82 Å². The topological polar surface area (TPSA) is 49.4 Å². The van der Waals surface area contributed by atoms with Crippen LogP contribution in [-0.4, -0.2) is 39.5 Å². The summed E-state index contributed by atoms with van der Waals surface area (Å²) >= 11 is 0. The third-order valence-electron chi connectivity index (χ3n) is 2.74. The van der Waals surface area contributed by atoms with E-state index in [2.05, 4.69) is 9.62 Å². The summed E-state index contributed by atoms with van der Waals surface area (Å²) in [7, 11) is -3.53. The van der Waals surface area contributed by atoms with Gasteiger partial charge in [-0.1, -0.05) is 13.8 Å². The van der Waals surface area contributed by atoms with Gasteiger partial charge in [0.05, 0.1) is 4.90 Å². The molecule has 0 spiro atoms. The van der Waals surface area contributed by atoms with E-state index in [1.165, 1.54) is 12.1 Å². The van der Waals surface area contributed by atoms with E-state index in [-0.39, 0.29) is 4.90 Å². The molecule has 18 heavy (non-hydrogen) atoms. The molecule has 0 aliphatic rings. The highest BCUT2D eigenvalue weighted by atomic mass is 32.2. The van der Waals surface area contributed by atoms with E-state index >= 15 is 0 Å². The van der Waals surface area contributed by atoms with Gasteiger partial charge in [-0.2, -0.15) is 0 Å². The molecular formula is C12H19FN2O2S. The smallest absolute Gasteiger partial charge is 0.240 e. The molecule has 1 aromatic carbocycles. The first-order chi connectivity index (χ1) is 8.49. The zero-order valence-electron chi connectivity index (χ0n) is 10.7. The van der Waals surface area contributed by atoms with E-state index in [0.717, 1.165) is 25.2 Å². The van der Waals surface area contributed by atoms with Crippen LogP contribution in [0.1, 0.15) is 13.8 Å². The van der Waals surface area contributed by atoms with Crippen molar-refractivity contribution in [1.82, 2.24) is 9.62 Å². The minimum absolute atomic E-state index is 0.0865. The second-order valence-corrected chi connectivity index (χ2v) is 5.65. The van der Waals surface area contributed by atoms with E-state index in [1.807, 2.05) is 13.8 Å². The molecule has 0 amide bonds. The van der Waals surface area contributed by atoms with Gasteiger partial charge in [0.15, 0.2) is 0 Å². The molecule has 0 aliphatic heterocycles. The molecule has 0 atom stereocenters. The van der Waals surface area contributed by atoms with E-state index in [0.29, 0.717) is 13.1 Å². The quantitative estimate of drug-likeness (QED) is 0.818. The van der Waals surface area contributed by atoms with E-state index in [4.69, 9.17) is 0 Å². The number of likely N-dealkylation sites (N-methyl/N-ethyl adjacent to an activating group) is 1. The zero-order valence-corrected chi connectivity index (χ0v) is 11.5. The van der Waals surface area contributed by atoms with Crippen molar-refractivity contribution >= 4 is 10.0 Å². The highest BCUT2D eigenvalue weighted by Gasteiger charge is 2.13. The first kappa shape index (κ1) is 15.1. The summed E-state index contributed by atoms with van der Waals surface area (Å²) in [5.74, 6) is -0.447. The molecule has 0 fully saturated rings. The summed E-state index contributed by atoms with van der Waals surface area (Å²) in [6.45, 7) is 6.83. The average molecular weight is 274 g/mol. The van der Waals surface area contributed by atoms with Crippen LogP contribution in [0.2, 0.25) is 0 Å². The first-order valence-corrected chi connectivity index (χ1v) is 7.45. The van der Waals surface area contributed by atoms with Crippen LogP contribution in [0, 0.1) is 5.82 Å². The third kappa shape index (κ3) is 4.36. The van der Waals surface area contributed by atoms with Crippen LogP contribution < -0.4 is 4.72 Å². The highest BCUT2D eigenvalue weighted by molar-refractivity contribution is 7.89. The lowest BCUT2D eigenvalue weighted by atomic mass is 10.4. The Kier molecular flexibility index (Phi) is 5.71. The molecule has 0 aliphatic carbocycles. The Hall–Kier alpha value is -0.980. The van der Waals surface area contributed by atoms with Gasteiger partial charge in [0.2, 0.25) is 10.0 Å². The normalized spacial score (nSPS) is 12.0. The SMILES string of the molecule is CCN(CC)CCNS(=O)(=O)c1ccc(F)cc1. The second kappa shape index (κ2) is 6.82. The first-order valence-electron chi connectivity index (χ1n) is 5.97. The molecule has 0 saturated heterocycles. The lowest BCUT2D eigenvalue weighted by Gasteiger charge is -2.17. The monoisotopic (exact) mass is 274 g/mol. The maximum absolute atomic E-state index is 12.7. The van der Waals surface area contributed by atoms with E-state index in [9.17, 15) is 12.8 Å². The van der Waals surface area contributed by atoms with Crippen LogP contribution in [0.15, 0.2) is 29.2 Å². The van der Waals surface area contributed by atoms with Gasteiger partial charge in [-0.3, -0.25) is 0 Å². The zero-order chi connectivity index (χ0) is 13.6. The van der Waals surface area contributed by atoms with Gasteiger partial charge >= 0.3 is 0 Å². The summed E-state index contributed by atoms with van der Waals surface area (Å²) in [6, 6.07) is 4.79. The van der Waals surface area contributed by atoms with Crippen molar-refractivity contribution in [2.45, 2.75) is 18.7 Å². The van der Waals surface area contributed by atoms with Crippen LogP contribution >= 0.6 is 0 Å². The van der Waals surface area contributed by atoms with Gasteiger partial charge in [-0.15, -0.1) is 0 Å². The van der Waals surface area contributed by atoms with Crippen LogP contribution in [0.3, 0.4) is 0 Å². The molecule has 0 heterocycles.